The molecule has 0 unspecified atom stereocenters. The van der Waals surface area contributed by atoms with E-state index in [2.05, 4.69) is 13.0 Å². The summed E-state index contributed by atoms with van der Waals surface area (Å²) in [4.78, 5) is 0. The van der Waals surface area contributed by atoms with Gasteiger partial charge >= 0.3 is 0 Å². The molecule has 2 heteroatoms. The minimum absolute atomic E-state index is 0.172. The summed E-state index contributed by atoms with van der Waals surface area (Å²) in [6, 6.07) is 15.1. The summed E-state index contributed by atoms with van der Waals surface area (Å²) in [6.07, 6.45) is 4.61. The van der Waals surface area contributed by atoms with Crippen molar-refractivity contribution in [1.29, 1.82) is 0 Å². The van der Waals surface area contributed by atoms with Crippen molar-refractivity contribution in [1.82, 2.24) is 0 Å². The van der Waals surface area contributed by atoms with Gasteiger partial charge < -0.3 is 9.84 Å². The van der Waals surface area contributed by atoms with E-state index in [1.165, 1.54) is 18.4 Å². The van der Waals surface area contributed by atoms with Gasteiger partial charge in [0.2, 0.25) is 0 Å². The number of hydrogen-bond donors (Lipinski definition) is 1. The van der Waals surface area contributed by atoms with Gasteiger partial charge in [-0.15, -0.1) is 0 Å². The molecule has 2 aromatic rings. The molecule has 2 rings (SSSR count). The van der Waals surface area contributed by atoms with E-state index in [0.717, 1.165) is 18.6 Å². The molecule has 0 saturated carbocycles. The molecule has 1 N–H and O–H groups in total. The fourth-order valence-electron chi connectivity index (χ4n) is 2.04. The molecule has 0 radical (unpaired) electrons. The van der Waals surface area contributed by atoms with E-state index in [4.69, 9.17) is 4.74 Å². The Morgan fingerprint density at radius 1 is 0.895 bits per heavy atom. The minimum atomic E-state index is 0.172. The fourth-order valence-corrected chi connectivity index (χ4v) is 2.04. The van der Waals surface area contributed by atoms with Crippen LogP contribution in [0.3, 0.4) is 0 Å². The monoisotopic (exact) mass is 256 g/mol. The highest BCUT2D eigenvalue weighted by molar-refractivity contribution is 5.44. The van der Waals surface area contributed by atoms with Crippen LogP contribution in [0.15, 0.2) is 48.5 Å². The van der Waals surface area contributed by atoms with E-state index >= 15 is 0 Å². The van der Waals surface area contributed by atoms with E-state index in [1.54, 1.807) is 18.2 Å². The Balaban J connectivity index is 2.13. The fraction of sp³-hybridized carbons (Fsp3) is 0.294. The number of benzene rings is 2. The van der Waals surface area contributed by atoms with E-state index in [0.29, 0.717) is 5.75 Å². The van der Waals surface area contributed by atoms with Gasteiger partial charge in [0, 0.05) is 0 Å². The molecule has 19 heavy (non-hydrogen) atoms. The first-order valence-corrected chi connectivity index (χ1v) is 6.85. The SMILES string of the molecule is CCCCCc1ccccc1Oc1ccccc1O. The number of para-hydroxylation sites is 3. The second kappa shape index (κ2) is 6.83. The van der Waals surface area contributed by atoms with Crippen molar-refractivity contribution in [2.24, 2.45) is 0 Å². The predicted octanol–water partition coefficient (Wildman–Crippen LogP) is 4.92. The Kier molecular flexibility index (Phi) is 4.85. The number of unbranched alkanes of at least 4 members (excludes halogenated alkanes) is 2. The lowest BCUT2D eigenvalue weighted by molar-refractivity contribution is 0.408. The summed E-state index contributed by atoms with van der Waals surface area (Å²) in [5.41, 5.74) is 1.19. The van der Waals surface area contributed by atoms with Crippen molar-refractivity contribution in [2.75, 3.05) is 0 Å². The minimum Gasteiger partial charge on any atom is -0.504 e. The predicted molar refractivity (Wildman–Crippen MR) is 77.9 cm³/mol. The average molecular weight is 256 g/mol. The van der Waals surface area contributed by atoms with Crippen molar-refractivity contribution in [2.45, 2.75) is 32.6 Å². The van der Waals surface area contributed by atoms with Gasteiger partial charge in [-0.25, -0.2) is 0 Å². The van der Waals surface area contributed by atoms with Crippen molar-refractivity contribution in [3.8, 4) is 17.2 Å². The Morgan fingerprint density at radius 3 is 2.32 bits per heavy atom. The van der Waals surface area contributed by atoms with Crippen LogP contribution < -0.4 is 4.74 Å². The van der Waals surface area contributed by atoms with E-state index in [9.17, 15) is 5.11 Å². The van der Waals surface area contributed by atoms with Gasteiger partial charge in [-0.3, -0.25) is 0 Å². The van der Waals surface area contributed by atoms with Crippen LogP contribution in [0, 0.1) is 0 Å². The van der Waals surface area contributed by atoms with Gasteiger partial charge in [0.15, 0.2) is 11.5 Å². The summed E-state index contributed by atoms with van der Waals surface area (Å²) < 4.78 is 5.82. The van der Waals surface area contributed by atoms with Gasteiger partial charge in [0.05, 0.1) is 0 Å². The zero-order valence-electron chi connectivity index (χ0n) is 11.3. The van der Waals surface area contributed by atoms with Crippen LogP contribution in [-0.4, -0.2) is 5.11 Å². The molecule has 2 nitrogen and oxygen atoms in total. The molecule has 0 aromatic heterocycles. The summed E-state index contributed by atoms with van der Waals surface area (Å²) in [6.45, 7) is 2.20. The third kappa shape index (κ3) is 3.75. The van der Waals surface area contributed by atoms with Crippen molar-refractivity contribution in [3.05, 3.63) is 54.1 Å². The topological polar surface area (TPSA) is 29.5 Å². The third-order valence-electron chi connectivity index (χ3n) is 3.11. The van der Waals surface area contributed by atoms with Gasteiger partial charge in [-0.2, -0.15) is 0 Å². The smallest absolute Gasteiger partial charge is 0.169 e. The van der Waals surface area contributed by atoms with Crippen LogP contribution in [0.2, 0.25) is 0 Å². The van der Waals surface area contributed by atoms with Crippen LogP contribution >= 0.6 is 0 Å². The van der Waals surface area contributed by atoms with Gasteiger partial charge in [0.1, 0.15) is 5.75 Å². The molecule has 0 saturated heterocycles. The zero-order valence-corrected chi connectivity index (χ0v) is 11.3. The first kappa shape index (κ1) is 13.5. The number of ether oxygens (including phenoxy) is 1. The Labute approximate surface area is 114 Å². The van der Waals surface area contributed by atoms with Crippen LogP contribution in [-0.2, 0) is 6.42 Å². The first-order valence-electron chi connectivity index (χ1n) is 6.85. The Morgan fingerprint density at radius 2 is 1.58 bits per heavy atom. The number of hydrogen-bond acceptors (Lipinski definition) is 2. The Hall–Kier alpha value is -1.96. The molecule has 100 valence electrons. The van der Waals surface area contributed by atoms with E-state index in [-0.39, 0.29) is 5.75 Å². The maximum Gasteiger partial charge on any atom is 0.169 e. The van der Waals surface area contributed by atoms with Crippen LogP contribution in [0.5, 0.6) is 17.2 Å². The maximum atomic E-state index is 9.75. The largest absolute Gasteiger partial charge is 0.504 e. The Bertz CT molecular complexity index is 520. The summed E-state index contributed by atoms with van der Waals surface area (Å²) in [5.74, 6) is 1.51. The molecule has 0 aliphatic carbocycles. The van der Waals surface area contributed by atoms with Gasteiger partial charge in [-0.05, 0) is 36.6 Å². The molecule has 0 bridgehead atoms. The van der Waals surface area contributed by atoms with Crippen LogP contribution in [0.4, 0.5) is 0 Å². The molecule has 0 fully saturated rings. The number of rotatable bonds is 6. The van der Waals surface area contributed by atoms with E-state index < -0.39 is 0 Å². The zero-order chi connectivity index (χ0) is 13.5. The lowest BCUT2D eigenvalue weighted by atomic mass is 10.1. The molecule has 0 aliphatic heterocycles. The number of phenolic OH excluding ortho intramolecular Hbond substituents is 1. The lowest BCUT2D eigenvalue weighted by Crippen LogP contribution is -1.92. The van der Waals surface area contributed by atoms with E-state index in [1.807, 2.05) is 24.3 Å². The molecule has 0 heterocycles. The normalized spacial score (nSPS) is 10.4. The number of phenols is 1. The van der Waals surface area contributed by atoms with Crippen molar-refractivity contribution < 1.29 is 9.84 Å². The highest BCUT2D eigenvalue weighted by atomic mass is 16.5. The van der Waals surface area contributed by atoms with Gasteiger partial charge in [-0.1, -0.05) is 50.1 Å². The molecule has 0 amide bonds. The van der Waals surface area contributed by atoms with Crippen LogP contribution in [0.1, 0.15) is 31.7 Å². The molecular formula is C17H20O2. The molecule has 0 spiro atoms. The first-order chi connectivity index (χ1) is 9.31. The maximum absolute atomic E-state index is 9.75. The second-order valence-electron chi connectivity index (χ2n) is 4.63. The summed E-state index contributed by atoms with van der Waals surface area (Å²) >= 11 is 0. The quantitative estimate of drug-likeness (QED) is 0.743. The summed E-state index contributed by atoms with van der Waals surface area (Å²) in [7, 11) is 0. The standard InChI is InChI=1S/C17H20O2/c1-2-3-4-9-14-10-5-7-12-16(14)19-17-13-8-6-11-15(17)18/h5-8,10-13,18H,2-4,9H2,1H3. The highest BCUT2D eigenvalue weighted by Gasteiger charge is 2.06. The third-order valence-corrected chi connectivity index (χ3v) is 3.11. The second-order valence-corrected chi connectivity index (χ2v) is 4.63. The lowest BCUT2D eigenvalue weighted by Gasteiger charge is -2.11. The van der Waals surface area contributed by atoms with Crippen molar-refractivity contribution in [3.63, 3.8) is 0 Å². The summed E-state index contributed by atoms with van der Waals surface area (Å²) in [5, 5.41) is 9.75. The average Bonchev–Trinajstić information content (AvgIpc) is 2.43. The molecular weight excluding hydrogens is 236 g/mol. The number of aryl methyl sites for hydroxylation is 1. The molecule has 2 aromatic carbocycles. The van der Waals surface area contributed by atoms with Gasteiger partial charge in [0.25, 0.3) is 0 Å². The number of aromatic hydroxyl groups is 1. The molecule has 0 aliphatic rings. The van der Waals surface area contributed by atoms with Crippen molar-refractivity contribution >= 4 is 0 Å². The molecule has 0 atom stereocenters. The highest BCUT2D eigenvalue weighted by Crippen LogP contribution is 2.32. The van der Waals surface area contributed by atoms with Crippen LogP contribution in [0.25, 0.3) is 0 Å².